The minimum atomic E-state index is -4.57. The van der Waals surface area contributed by atoms with Gasteiger partial charge in [0, 0.05) is 30.8 Å². The van der Waals surface area contributed by atoms with E-state index in [4.69, 9.17) is 4.74 Å². The third-order valence-corrected chi connectivity index (χ3v) is 7.01. The maximum Gasteiger partial charge on any atom is 0.433 e. The molecule has 4 rings (SSSR count). The molecule has 0 bridgehead atoms. The zero-order valence-corrected chi connectivity index (χ0v) is 17.0. The minimum Gasteiger partial charge on any atom is -0.497 e. The predicted molar refractivity (Wildman–Crippen MR) is 102 cm³/mol. The SMILES string of the molecule is COc1ccc(S(=O)(=O)N2CC[C@H](c3cc4nc(C)cc(C(F)(F)F)n4n3)C2)cc1. The number of alkyl halides is 3. The molecule has 0 spiro atoms. The van der Waals surface area contributed by atoms with Crippen molar-refractivity contribution >= 4 is 15.7 Å². The van der Waals surface area contributed by atoms with Crippen LogP contribution in [0.1, 0.15) is 29.4 Å². The van der Waals surface area contributed by atoms with Crippen LogP contribution in [0.3, 0.4) is 0 Å². The number of methoxy groups -OCH3 is 1. The van der Waals surface area contributed by atoms with E-state index in [2.05, 4.69) is 10.1 Å². The van der Waals surface area contributed by atoms with Crippen LogP contribution < -0.4 is 4.74 Å². The lowest BCUT2D eigenvalue weighted by atomic mass is 10.1. The Kier molecular flexibility index (Phi) is 4.97. The van der Waals surface area contributed by atoms with E-state index in [1.165, 1.54) is 36.5 Å². The van der Waals surface area contributed by atoms with Gasteiger partial charge in [-0.15, -0.1) is 0 Å². The maximum atomic E-state index is 13.4. The fraction of sp³-hybridized carbons (Fsp3) is 0.368. The molecule has 1 saturated heterocycles. The number of fused-ring (bicyclic) bond motifs is 1. The topological polar surface area (TPSA) is 76.8 Å². The molecule has 11 heteroatoms. The standard InChI is InChI=1S/C19H19F3N4O3S/c1-12-9-17(19(20,21)22)26-18(23-12)10-16(24-26)13-7-8-25(11-13)30(27,28)15-5-3-14(29-2)4-6-15/h3-6,9-10,13H,7-8,11H2,1-2H3/t13-/m0/s1. The lowest BCUT2D eigenvalue weighted by Crippen LogP contribution is -2.28. The summed E-state index contributed by atoms with van der Waals surface area (Å²) in [7, 11) is -2.24. The Hall–Kier alpha value is -2.66. The molecular weight excluding hydrogens is 421 g/mol. The van der Waals surface area contributed by atoms with E-state index >= 15 is 0 Å². The number of ether oxygens (including phenoxy) is 1. The summed E-state index contributed by atoms with van der Waals surface area (Å²) >= 11 is 0. The number of rotatable bonds is 4. The Labute approximate surface area is 171 Å². The second-order valence-electron chi connectivity index (χ2n) is 7.14. The molecule has 0 amide bonds. The van der Waals surface area contributed by atoms with Gasteiger partial charge < -0.3 is 4.74 Å². The van der Waals surface area contributed by atoms with Gasteiger partial charge in [-0.2, -0.15) is 22.6 Å². The monoisotopic (exact) mass is 440 g/mol. The second kappa shape index (κ2) is 7.24. The predicted octanol–water partition coefficient (Wildman–Crippen LogP) is 3.24. The van der Waals surface area contributed by atoms with Crippen molar-refractivity contribution in [1.82, 2.24) is 18.9 Å². The highest BCUT2D eigenvalue weighted by atomic mass is 32.2. The minimum absolute atomic E-state index is 0.0915. The third-order valence-electron chi connectivity index (χ3n) is 5.13. The van der Waals surface area contributed by atoms with Gasteiger partial charge in [-0.1, -0.05) is 0 Å². The van der Waals surface area contributed by atoms with Crippen LogP contribution >= 0.6 is 0 Å². The summed E-state index contributed by atoms with van der Waals surface area (Å²) in [5, 5.41) is 4.11. The first-order chi connectivity index (χ1) is 14.1. The van der Waals surface area contributed by atoms with Gasteiger partial charge in [0.25, 0.3) is 0 Å². The summed E-state index contributed by atoms with van der Waals surface area (Å²) < 4.78 is 73.1. The molecule has 7 nitrogen and oxygen atoms in total. The zero-order chi connectivity index (χ0) is 21.7. The van der Waals surface area contributed by atoms with Crippen LogP contribution in [0, 0.1) is 6.92 Å². The normalized spacial score (nSPS) is 18.2. The van der Waals surface area contributed by atoms with Gasteiger partial charge in [-0.3, -0.25) is 0 Å². The van der Waals surface area contributed by atoms with Crippen molar-refractivity contribution in [2.24, 2.45) is 0 Å². The summed E-state index contributed by atoms with van der Waals surface area (Å²) in [5.74, 6) is 0.224. The van der Waals surface area contributed by atoms with E-state index < -0.39 is 21.9 Å². The van der Waals surface area contributed by atoms with E-state index in [-0.39, 0.29) is 35.2 Å². The first kappa shape index (κ1) is 20.6. The van der Waals surface area contributed by atoms with Crippen LogP contribution in [-0.4, -0.2) is 47.5 Å². The Morgan fingerprint density at radius 2 is 1.87 bits per heavy atom. The second-order valence-corrected chi connectivity index (χ2v) is 9.08. The molecule has 30 heavy (non-hydrogen) atoms. The third kappa shape index (κ3) is 3.63. The van der Waals surface area contributed by atoms with E-state index in [1.54, 1.807) is 12.1 Å². The van der Waals surface area contributed by atoms with Crippen LogP contribution in [0.2, 0.25) is 0 Å². The number of sulfonamides is 1. The number of benzene rings is 1. The zero-order valence-electron chi connectivity index (χ0n) is 16.2. The highest BCUT2D eigenvalue weighted by Crippen LogP contribution is 2.34. The van der Waals surface area contributed by atoms with Gasteiger partial charge in [-0.05, 0) is 43.7 Å². The van der Waals surface area contributed by atoms with Crippen molar-refractivity contribution in [2.45, 2.75) is 30.3 Å². The molecule has 0 aliphatic carbocycles. The Bertz CT molecular complexity index is 1190. The number of halogens is 3. The van der Waals surface area contributed by atoms with Crippen molar-refractivity contribution in [3.63, 3.8) is 0 Å². The average Bonchev–Trinajstić information content (AvgIpc) is 3.33. The number of nitrogens with zero attached hydrogens (tertiary/aromatic N) is 4. The van der Waals surface area contributed by atoms with Gasteiger partial charge in [0.1, 0.15) is 11.4 Å². The van der Waals surface area contributed by atoms with Gasteiger partial charge in [-0.25, -0.2) is 17.9 Å². The molecule has 0 saturated carbocycles. The molecule has 1 aliphatic rings. The number of aryl methyl sites for hydroxylation is 1. The van der Waals surface area contributed by atoms with Gasteiger partial charge in [0.05, 0.1) is 17.7 Å². The molecule has 0 N–H and O–H groups in total. The Balaban J connectivity index is 1.62. The smallest absolute Gasteiger partial charge is 0.433 e. The van der Waals surface area contributed by atoms with Crippen molar-refractivity contribution < 1.29 is 26.3 Å². The van der Waals surface area contributed by atoms with E-state index in [0.717, 1.165) is 10.6 Å². The molecule has 0 unspecified atom stereocenters. The quantitative estimate of drug-likeness (QED) is 0.623. The molecule has 1 aromatic carbocycles. The summed E-state index contributed by atoms with van der Waals surface area (Å²) in [5.41, 5.74) is -0.187. The van der Waals surface area contributed by atoms with Crippen molar-refractivity contribution in [1.29, 1.82) is 0 Å². The number of aromatic nitrogens is 3. The molecule has 0 radical (unpaired) electrons. The molecule has 1 fully saturated rings. The molecule has 1 atom stereocenters. The van der Waals surface area contributed by atoms with Crippen LogP contribution in [0.4, 0.5) is 13.2 Å². The van der Waals surface area contributed by atoms with Crippen LogP contribution in [0.25, 0.3) is 5.65 Å². The molecule has 160 valence electrons. The summed E-state index contributed by atoms with van der Waals surface area (Å²) in [6, 6.07) is 8.50. The molecular formula is C19H19F3N4O3S. The highest BCUT2D eigenvalue weighted by molar-refractivity contribution is 7.89. The van der Waals surface area contributed by atoms with Gasteiger partial charge >= 0.3 is 6.18 Å². The first-order valence-electron chi connectivity index (χ1n) is 9.18. The Morgan fingerprint density at radius 1 is 1.17 bits per heavy atom. The highest BCUT2D eigenvalue weighted by Gasteiger charge is 2.37. The van der Waals surface area contributed by atoms with Crippen molar-refractivity contribution in [3.05, 3.63) is 53.5 Å². The van der Waals surface area contributed by atoms with Gasteiger partial charge in [0.15, 0.2) is 5.65 Å². The van der Waals surface area contributed by atoms with Crippen LogP contribution in [0.15, 0.2) is 41.3 Å². The number of hydrogen-bond donors (Lipinski definition) is 0. The van der Waals surface area contributed by atoms with Crippen molar-refractivity contribution in [3.8, 4) is 5.75 Å². The fourth-order valence-corrected chi connectivity index (χ4v) is 5.10. The summed E-state index contributed by atoms with van der Waals surface area (Å²) in [4.78, 5) is 4.27. The van der Waals surface area contributed by atoms with Crippen molar-refractivity contribution in [2.75, 3.05) is 20.2 Å². The van der Waals surface area contributed by atoms with E-state index in [9.17, 15) is 21.6 Å². The maximum absolute atomic E-state index is 13.4. The van der Waals surface area contributed by atoms with E-state index in [0.29, 0.717) is 17.9 Å². The van der Waals surface area contributed by atoms with Gasteiger partial charge in [0.2, 0.25) is 10.0 Å². The lowest BCUT2D eigenvalue weighted by Gasteiger charge is -2.16. The average molecular weight is 440 g/mol. The first-order valence-corrected chi connectivity index (χ1v) is 10.6. The van der Waals surface area contributed by atoms with E-state index in [1.807, 2.05) is 0 Å². The summed E-state index contributed by atoms with van der Waals surface area (Å²) in [6.07, 6.45) is -4.12. The number of hydrogen-bond acceptors (Lipinski definition) is 5. The molecule has 1 aliphatic heterocycles. The lowest BCUT2D eigenvalue weighted by molar-refractivity contribution is -0.142. The largest absolute Gasteiger partial charge is 0.497 e. The molecule has 3 aromatic rings. The van der Waals surface area contributed by atoms with Crippen LogP contribution in [-0.2, 0) is 16.2 Å². The Morgan fingerprint density at radius 3 is 2.50 bits per heavy atom. The molecule has 3 heterocycles. The summed E-state index contributed by atoms with van der Waals surface area (Å²) in [6.45, 7) is 1.88. The molecule has 2 aromatic heterocycles. The fourth-order valence-electron chi connectivity index (χ4n) is 3.60. The van der Waals surface area contributed by atoms with Crippen LogP contribution in [0.5, 0.6) is 5.75 Å².